The summed E-state index contributed by atoms with van der Waals surface area (Å²) in [4.78, 5) is 32.4. The fraction of sp³-hybridized carbons (Fsp3) is 0.391. The molecule has 3 aromatic rings. The molecule has 0 fully saturated rings. The number of carbonyl (C=O) groups excluding carboxylic acids is 1. The van der Waals surface area contributed by atoms with Crippen LogP contribution in [0, 0.1) is 5.41 Å². The molecule has 3 rings (SSSR count). The summed E-state index contributed by atoms with van der Waals surface area (Å²) in [5.41, 5.74) is 2.01. The van der Waals surface area contributed by atoms with E-state index in [1.165, 1.54) is 11.3 Å². The topological polar surface area (TPSA) is 113 Å². The van der Waals surface area contributed by atoms with Crippen LogP contribution in [0.2, 0.25) is 0 Å². The quantitative estimate of drug-likeness (QED) is 0.440. The minimum atomic E-state index is -1.09. The van der Waals surface area contributed by atoms with Crippen LogP contribution in [0.3, 0.4) is 0 Å². The van der Waals surface area contributed by atoms with Crippen LogP contribution in [0.4, 0.5) is 15.3 Å². The molecule has 0 saturated heterocycles. The average molecular weight is 457 g/mol. The Balaban J connectivity index is 1.82. The van der Waals surface area contributed by atoms with Gasteiger partial charge in [-0.3, -0.25) is 10.3 Å². The molecule has 170 valence electrons. The first-order valence-corrected chi connectivity index (χ1v) is 11.0. The highest BCUT2D eigenvalue weighted by Crippen LogP contribution is 2.34. The summed E-state index contributed by atoms with van der Waals surface area (Å²) in [6.07, 6.45) is 0.109. The summed E-state index contributed by atoms with van der Waals surface area (Å²) < 4.78 is 6.21. The third kappa shape index (κ3) is 5.94. The smallest absolute Gasteiger partial charge is 0.412 e. The summed E-state index contributed by atoms with van der Waals surface area (Å²) in [6, 6.07) is 8.75. The summed E-state index contributed by atoms with van der Waals surface area (Å²) in [5, 5.41) is 15.2. The van der Waals surface area contributed by atoms with Crippen molar-refractivity contribution in [1.29, 1.82) is 0 Å². The molecule has 0 aliphatic heterocycles. The number of thiazole rings is 1. The monoisotopic (exact) mass is 456 g/mol. The van der Waals surface area contributed by atoms with Crippen LogP contribution in [0.1, 0.15) is 53.3 Å². The Morgan fingerprint density at radius 1 is 1.09 bits per heavy atom. The zero-order valence-electron chi connectivity index (χ0n) is 19.0. The molecular weight excluding hydrogens is 428 g/mol. The summed E-state index contributed by atoms with van der Waals surface area (Å²) in [6.45, 7) is 11.3. The number of hydrogen-bond acceptors (Lipinski definition) is 6. The number of amides is 2. The first kappa shape index (κ1) is 23.5. The van der Waals surface area contributed by atoms with E-state index in [2.05, 4.69) is 20.6 Å². The molecule has 9 heteroatoms. The number of benzene rings is 1. The Morgan fingerprint density at radius 3 is 2.38 bits per heavy atom. The van der Waals surface area contributed by atoms with Crippen molar-refractivity contribution >= 4 is 39.4 Å². The van der Waals surface area contributed by atoms with E-state index in [0.717, 1.165) is 20.8 Å². The van der Waals surface area contributed by atoms with Gasteiger partial charge in [0.2, 0.25) is 0 Å². The van der Waals surface area contributed by atoms with Gasteiger partial charge in [0, 0.05) is 17.4 Å². The third-order valence-corrected chi connectivity index (χ3v) is 5.56. The molecule has 0 aliphatic carbocycles. The van der Waals surface area contributed by atoms with Crippen molar-refractivity contribution in [1.82, 2.24) is 15.3 Å². The van der Waals surface area contributed by atoms with Crippen LogP contribution >= 0.6 is 11.3 Å². The second-order valence-corrected chi connectivity index (χ2v) is 10.6. The van der Waals surface area contributed by atoms with E-state index in [0.29, 0.717) is 11.4 Å². The van der Waals surface area contributed by atoms with Crippen molar-refractivity contribution in [2.24, 2.45) is 5.41 Å². The lowest BCUT2D eigenvalue weighted by Gasteiger charge is -2.30. The highest BCUT2D eigenvalue weighted by Gasteiger charge is 2.29. The van der Waals surface area contributed by atoms with Gasteiger partial charge in [0.1, 0.15) is 10.6 Å². The van der Waals surface area contributed by atoms with Crippen molar-refractivity contribution in [2.75, 3.05) is 5.32 Å². The lowest BCUT2D eigenvalue weighted by atomic mass is 9.84. The fourth-order valence-corrected chi connectivity index (χ4v) is 4.10. The van der Waals surface area contributed by atoms with Crippen LogP contribution < -0.4 is 10.6 Å². The first-order valence-electron chi connectivity index (χ1n) is 10.2. The lowest BCUT2D eigenvalue weighted by molar-refractivity contribution is 0.0636. The van der Waals surface area contributed by atoms with Crippen LogP contribution in [0.25, 0.3) is 20.8 Å². The largest absolute Gasteiger partial charge is 0.465 e. The number of nitrogens with one attached hydrogen (secondary N) is 2. The molecule has 0 aliphatic rings. The SMILES string of the molecule is CC(C)(C)OC(=O)Nc1ccc2nc(-c3ccc(C(NC(=O)O)C(C)(C)C)nc3)sc2c1. The number of aromatic nitrogens is 2. The third-order valence-electron chi connectivity index (χ3n) is 4.50. The number of anilines is 1. The maximum absolute atomic E-state index is 12.0. The molecule has 2 amide bonds. The second kappa shape index (κ2) is 8.74. The maximum atomic E-state index is 12.0. The van der Waals surface area contributed by atoms with Gasteiger partial charge in [-0.15, -0.1) is 11.3 Å². The van der Waals surface area contributed by atoms with Crippen molar-refractivity contribution in [3.05, 3.63) is 42.2 Å². The Labute approximate surface area is 191 Å². The molecule has 0 radical (unpaired) electrons. The maximum Gasteiger partial charge on any atom is 0.412 e. The lowest BCUT2D eigenvalue weighted by Crippen LogP contribution is -2.36. The first-order chi connectivity index (χ1) is 14.8. The summed E-state index contributed by atoms with van der Waals surface area (Å²) in [5.74, 6) is 0. The van der Waals surface area contributed by atoms with E-state index in [9.17, 15) is 14.7 Å². The van der Waals surface area contributed by atoms with Gasteiger partial charge in [-0.1, -0.05) is 20.8 Å². The number of nitrogens with zero attached hydrogens (tertiary/aromatic N) is 2. The normalized spacial score (nSPS) is 12.9. The van der Waals surface area contributed by atoms with E-state index in [-0.39, 0.29) is 5.41 Å². The van der Waals surface area contributed by atoms with Gasteiger partial charge in [0.25, 0.3) is 0 Å². The predicted molar refractivity (Wildman–Crippen MR) is 126 cm³/mol. The van der Waals surface area contributed by atoms with Crippen molar-refractivity contribution in [3.63, 3.8) is 0 Å². The van der Waals surface area contributed by atoms with E-state index in [1.807, 2.05) is 65.8 Å². The highest BCUT2D eigenvalue weighted by molar-refractivity contribution is 7.21. The molecule has 1 aromatic carbocycles. The molecule has 0 bridgehead atoms. The number of ether oxygens (including phenoxy) is 1. The number of pyridine rings is 1. The summed E-state index contributed by atoms with van der Waals surface area (Å²) in [7, 11) is 0. The predicted octanol–water partition coefficient (Wildman–Crippen LogP) is 6.06. The number of rotatable bonds is 4. The molecule has 3 N–H and O–H groups in total. The Hall–Kier alpha value is -3.20. The van der Waals surface area contributed by atoms with Crippen LogP contribution in [-0.4, -0.2) is 32.9 Å². The van der Waals surface area contributed by atoms with Gasteiger partial charge >= 0.3 is 12.2 Å². The molecule has 2 heterocycles. The molecule has 2 aromatic heterocycles. The Morgan fingerprint density at radius 2 is 1.81 bits per heavy atom. The van der Waals surface area contributed by atoms with E-state index in [1.54, 1.807) is 12.3 Å². The molecule has 0 spiro atoms. The van der Waals surface area contributed by atoms with Gasteiger partial charge in [-0.2, -0.15) is 0 Å². The minimum Gasteiger partial charge on any atom is -0.465 e. The van der Waals surface area contributed by atoms with Crippen molar-refractivity contribution < 1.29 is 19.4 Å². The van der Waals surface area contributed by atoms with Gasteiger partial charge in [0.05, 0.1) is 22.0 Å². The van der Waals surface area contributed by atoms with E-state index in [4.69, 9.17) is 4.74 Å². The van der Waals surface area contributed by atoms with Crippen LogP contribution in [0.15, 0.2) is 36.5 Å². The van der Waals surface area contributed by atoms with Crippen LogP contribution in [-0.2, 0) is 4.74 Å². The molecule has 0 saturated carbocycles. The van der Waals surface area contributed by atoms with E-state index < -0.39 is 23.8 Å². The summed E-state index contributed by atoms with van der Waals surface area (Å²) >= 11 is 1.48. The second-order valence-electron chi connectivity index (χ2n) is 9.55. The van der Waals surface area contributed by atoms with Crippen molar-refractivity contribution in [2.45, 2.75) is 53.2 Å². The minimum absolute atomic E-state index is 0.333. The standard InChI is InChI=1S/C23H28N4O4S/c1-22(2,3)18(27-20(28)29)16-9-7-13(12-24-16)19-26-15-10-8-14(11-17(15)32-19)25-21(30)31-23(4,5)6/h7-12,18,27H,1-6H3,(H,25,30)(H,28,29). The highest BCUT2D eigenvalue weighted by atomic mass is 32.1. The molecule has 1 atom stereocenters. The molecule has 32 heavy (non-hydrogen) atoms. The van der Waals surface area contributed by atoms with Gasteiger partial charge < -0.3 is 15.2 Å². The Bertz CT molecular complexity index is 1130. The molecule has 8 nitrogen and oxygen atoms in total. The number of carbonyl (C=O) groups is 2. The fourth-order valence-electron chi connectivity index (χ4n) is 3.11. The van der Waals surface area contributed by atoms with Gasteiger partial charge in [0.15, 0.2) is 0 Å². The average Bonchev–Trinajstić information content (AvgIpc) is 3.07. The zero-order chi connectivity index (χ0) is 23.7. The Kier molecular flexibility index (Phi) is 6.41. The number of fused-ring (bicyclic) bond motifs is 1. The molecule has 1 unspecified atom stereocenters. The van der Waals surface area contributed by atoms with Crippen LogP contribution in [0.5, 0.6) is 0 Å². The number of carboxylic acid groups (broad SMARTS) is 1. The van der Waals surface area contributed by atoms with Gasteiger partial charge in [-0.25, -0.2) is 14.6 Å². The number of hydrogen-bond donors (Lipinski definition) is 3. The molecular formula is C23H28N4O4S. The zero-order valence-corrected chi connectivity index (χ0v) is 19.8. The van der Waals surface area contributed by atoms with Crippen molar-refractivity contribution in [3.8, 4) is 10.6 Å². The van der Waals surface area contributed by atoms with Gasteiger partial charge in [-0.05, 0) is 56.5 Å². The van der Waals surface area contributed by atoms with E-state index >= 15 is 0 Å².